The van der Waals surface area contributed by atoms with Crippen LogP contribution in [0.1, 0.15) is 17.2 Å². The molecule has 1 aromatic heterocycles. The van der Waals surface area contributed by atoms with E-state index in [1.54, 1.807) is 18.6 Å². The number of amides is 1. The van der Waals surface area contributed by atoms with Crippen molar-refractivity contribution in [3.63, 3.8) is 0 Å². The van der Waals surface area contributed by atoms with Gasteiger partial charge in [-0.05, 0) is 35.4 Å². The Morgan fingerprint density at radius 1 is 1.19 bits per heavy atom. The van der Waals surface area contributed by atoms with Gasteiger partial charge in [0.1, 0.15) is 6.04 Å². The summed E-state index contributed by atoms with van der Waals surface area (Å²) in [6, 6.07) is 11.3. The van der Waals surface area contributed by atoms with Crippen LogP contribution in [0.25, 0.3) is 0 Å². The van der Waals surface area contributed by atoms with Gasteiger partial charge in [0, 0.05) is 45.3 Å². The van der Waals surface area contributed by atoms with Crippen LogP contribution in [0.4, 0.5) is 5.69 Å². The van der Waals surface area contributed by atoms with E-state index in [1.165, 1.54) is 0 Å². The number of hydrazone groups is 1. The average molecular weight is 367 g/mol. The largest absolute Gasteiger partial charge is 0.379 e. The predicted octanol–water partition coefficient (Wildman–Crippen LogP) is 1.67. The van der Waals surface area contributed by atoms with Gasteiger partial charge in [-0.25, -0.2) is 5.43 Å². The SMILES string of the molecule is CN(C)c1ccc(/C=N\NC(=O)[C@H](c2ccncc2)N2CCOCC2)cc1. The summed E-state index contributed by atoms with van der Waals surface area (Å²) in [6.07, 6.45) is 5.05. The minimum absolute atomic E-state index is 0.163. The van der Waals surface area contributed by atoms with Crippen molar-refractivity contribution in [2.45, 2.75) is 6.04 Å². The number of nitrogens with zero attached hydrogens (tertiary/aromatic N) is 4. The molecule has 1 amide bonds. The molecular weight excluding hydrogens is 342 g/mol. The molecule has 0 saturated carbocycles. The number of rotatable bonds is 6. The third kappa shape index (κ3) is 5.12. The maximum absolute atomic E-state index is 12.8. The molecule has 142 valence electrons. The number of carbonyl (C=O) groups is 1. The minimum atomic E-state index is -0.412. The van der Waals surface area contributed by atoms with Gasteiger partial charge in [-0.15, -0.1) is 0 Å². The predicted molar refractivity (Wildman–Crippen MR) is 106 cm³/mol. The molecule has 1 N–H and O–H groups in total. The summed E-state index contributed by atoms with van der Waals surface area (Å²) in [7, 11) is 3.99. The standard InChI is InChI=1S/C20H25N5O2/c1-24(2)18-5-3-16(4-6-18)15-22-23-20(26)19(17-7-9-21-10-8-17)25-11-13-27-14-12-25/h3-10,15,19H,11-14H2,1-2H3,(H,23,26)/b22-15-/t19-/m0/s1. The second-order valence-electron chi connectivity index (χ2n) is 6.55. The molecule has 0 radical (unpaired) electrons. The molecule has 1 aliphatic rings. The van der Waals surface area contributed by atoms with Gasteiger partial charge in [-0.2, -0.15) is 5.10 Å². The van der Waals surface area contributed by atoms with Gasteiger partial charge in [-0.1, -0.05) is 12.1 Å². The van der Waals surface area contributed by atoms with E-state index in [0.29, 0.717) is 26.3 Å². The molecule has 27 heavy (non-hydrogen) atoms. The van der Waals surface area contributed by atoms with Gasteiger partial charge in [-0.3, -0.25) is 14.7 Å². The summed E-state index contributed by atoms with van der Waals surface area (Å²) in [5.41, 5.74) is 5.62. The van der Waals surface area contributed by atoms with Crippen LogP contribution in [0.15, 0.2) is 53.9 Å². The summed E-state index contributed by atoms with van der Waals surface area (Å²) in [6.45, 7) is 2.65. The zero-order chi connectivity index (χ0) is 19.1. The Bertz CT molecular complexity index is 756. The van der Waals surface area contributed by atoms with Crippen LogP contribution in [-0.2, 0) is 9.53 Å². The molecule has 0 aliphatic carbocycles. The zero-order valence-electron chi connectivity index (χ0n) is 15.7. The van der Waals surface area contributed by atoms with Crippen molar-refractivity contribution in [3.05, 3.63) is 59.9 Å². The smallest absolute Gasteiger partial charge is 0.262 e. The van der Waals surface area contributed by atoms with Crippen LogP contribution in [-0.4, -0.2) is 62.4 Å². The van der Waals surface area contributed by atoms with Crippen LogP contribution < -0.4 is 10.3 Å². The maximum atomic E-state index is 12.8. The molecular formula is C20H25N5O2. The highest BCUT2D eigenvalue weighted by Gasteiger charge is 2.28. The average Bonchev–Trinajstić information content (AvgIpc) is 2.70. The highest BCUT2D eigenvalue weighted by molar-refractivity contribution is 5.86. The van der Waals surface area contributed by atoms with Gasteiger partial charge in [0.15, 0.2) is 0 Å². The number of anilines is 1. The molecule has 1 fully saturated rings. The Morgan fingerprint density at radius 3 is 2.48 bits per heavy atom. The number of morpholine rings is 1. The van der Waals surface area contributed by atoms with Gasteiger partial charge >= 0.3 is 0 Å². The van der Waals surface area contributed by atoms with Gasteiger partial charge in [0.2, 0.25) is 0 Å². The van der Waals surface area contributed by atoms with Crippen molar-refractivity contribution in [3.8, 4) is 0 Å². The minimum Gasteiger partial charge on any atom is -0.379 e. The van der Waals surface area contributed by atoms with E-state index in [2.05, 4.69) is 20.4 Å². The molecule has 0 spiro atoms. The first-order valence-corrected chi connectivity index (χ1v) is 8.97. The second kappa shape index (κ2) is 9.25. The van der Waals surface area contributed by atoms with Crippen molar-refractivity contribution in [1.29, 1.82) is 0 Å². The molecule has 3 rings (SSSR count). The first-order valence-electron chi connectivity index (χ1n) is 8.97. The molecule has 0 bridgehead atoms. The number of hydrogen-bond donors (Lipinski definition) is 1. The summed E-state index contributed by atoms with van der Waals surface area (Å²) < 4.78 is 5.41. The molecule has 1 saturated heterocycles. The molecule has 7 heteroatoms. The lowest BCUT2D eigenvalue weighted by atomic mass is 10.1. The molecule has 2 heterocycles. The highest BCUT2D eigenvalue weighted by Crippen LogP contribution is 2.21. The third-order valence-electron chi connectivity index (χ3n) is 4.48. The lowest BCUT2D eigenvalue weighted by molar-refractivity contribution is -0.128. The number of carbonyl (C=O) groups excluding carboxylic acids is 1. The first kappa shape index (κ1) is 19.0. The van der Waals surface area contributed by atoms with Gasteiger partial charge in [0.05, 0.1) is 19.4 Å². The number of benzene rings is 1. The maximum Gasteiger partial charge on any atom is 0.262 e. The number of pyridine rings is 1. The number of ether oxygens (including phenoxy) is 1. The summed E-state index contributed by atoms with van der Waals surface area (Å²) in [5, 5.41) is 4.15. The Kier molecular flexibility index (Phi) is 6.51. The summed E-state index contributed by atoms with van der Waals surface area (Å²) >= 11 is 0. The number of hydrogen-bond acceptors (Lipinski definition) is 6. The van der Waals surface area contributed by atoms with Crippen molar-refractivity contribution in [2.24, 2.45) is 5.10 Å². The monoisotopic (exact) mass is 367 g/mol. The van der Waals surface area contributed by atoms with E-state index < -0.39 is 6.04 Å². The molecule has 7 nitrogen and oxygen atoms in total. The van der Waals surface area contributed by atoms with Crippen LogP contribution >= 0.6 is 0 Å². The van der Waals surface area contributed by atoms with Crippen molar-refractivity contribution >= 4 is 17.8 Å². The topological polar surface area (TPSA) is 70.1 Å². The quantitative estimate of drug-likeness (QED) is 0.621. The van der Waals surface area contributed by atoms with E-state index in [1.807, 2.05) is 55.4 Å². The molecule has 1 aromatic carbocycles. The summed E-state index contributed by atoms with van der Waals surface area (Å²) in [5.74, 6) is -0.163. The summed E-state index contributed by atoms with van der Waals surface area (Å²) in [4.78, 5) is 21.0. The van der Waals surface area contributed by atoms with E-state index >= 15 is 0 Å². The lowest BCUT2D eigenvalue weighted by Crippen LogP contribution is -2.44. The Morgan fingerprint density at radius 2 is 1.85 bits per heavy atom. The van der Waals surface area contributed by atoms with Crippen molar-refractivity contribution in [2.75, 3.05) is 45.3 Å². The molecule has 0 unspecified atom stereocenters. The lowest BCUT2D eigenvalue weighted by Gasteiger charge is -2.33. The fourth-order valence-corrected chi connectivity index (χ4v) is 3.00. The van der Waals surface area contributed by atoms with Crippen LogP contribution in [0, 0.1) is 0 Å². The zero-order valence-corrected chi connectivity index (χ0v) is 15.7. The van der Waals surface area contributed by atoms with Crippen molar-refractivity contribution < 1.29 is 9.53 Å². The van der Waals surface area contributed by atoms with E-state index in [-0.39, 0.29) is 5.91 Å². The van der Waals surface area contributed by atoms with Crippen molar-refractivity contribution in [1.82, 2.24) is 15.3 Å². The van der Waals surface area contributed by atoms with E-state index in [0.717, 1.165) is 16.8 Å². The third-order valence-corrected chi connectivity index (χ3v) is 4.48. The van der Waals surface area contributed by atoms with Gasteiger partial charge in [0.25, 0.3) is 5.91 Å². The second-order valence-corrected chi connectivity index (χ2v) is 6.55. The van der Waals surface area contributed by atoms with Crippen LogP contribution in [0.3, 0.4) is 0 Å². The Hall–Kier alpha value is -2.77. The molecule has 2 aromatic rings. The highest BCUT2D eigenvalue weighted by atomic mass is 16.5. The first-order chi connectivity index (χ1) is 13.1. The van der Waals surface area contributed by atoms with E-state index in [4.69, 9.17) is 4.74 Å². The molecule has 1 atom stereocenters. The Balaban J connectivity index is 1.68. The van der Waals surface area contributed by atoms with E-state index in [9.17, 15) is 4.79 Å². The van der Waals surface area contributed by atoms with Crippen LogP contribution in [0.5, 0.6) is 0 Å². The number of nitrogens with one attached hydrogen (secondary N) is 1. The normalized spacial score (nSPS) is 16.2. The van der Waals surface area contributed by atoms with Gasteiger partial charge < -0.3 is 9.64 Å². The molecule has 1 aliphatic heterocycles. The fourth-order valence-electron chi connectivity index (χ4n) is 3.00. The Labute approximate surface area is 159 Å². The fraction of sp³-hybridized carbons (Fsp3) is 0.350. The number of aromatic nitrogens is 1. The van der Waals surface area contributed by atoms with Crippen LogP contribution in [0.2, 0.25) is 0 Å².